The number of Topliss-reactive ketones (excluding diaryl/α,β-unsaturated/α-hetero) is 1. The molecule has 0 spiro atoms. The predicted molar refractivity (Wildman–Crippen MR) is 103 cm³/mol. The maximum absolute atomic E-state index is 13.7. The molecule has 0 atom stereocenters. The molecular weight excluding hydrogens is 400 g/mol. The van der Waals surface area contributed by atoms with Crippen LogP contribution in [0.2, 0.25) is 0 Å². The Labute approximate surface area is 170 Å². The second-order valence-electron chi connectivity index (χ2n) is 7.44. The van der Waals surface area contributed by atoms with Crippen LogP contribution in [0.15, 0.2) is 36.4 Å². The number of hydrogen-bond acceptors (Lipinski definition) is 4. The molecule has 3 heterocycles. The van der Waals surface area contributed by atoms with Crippen LogP contribution >= 0.6 is 0 Å². The first kappa shape index (κ1) is 20.5. The summed E-state index contributed by atoms with van der Waals surface area (Å²) < 4.78 is 54.8. The number of carbonyl (C=O) groups is 1. The zero-order valence-electron chi connectivity index (χ0n) is 16.1. The lowest BCUT2D eigenvalue weighted by Crippen LogP contribution is -2.31. The first-order valence-electron chi connectivity index (χ1n) is 9.81. The number of likely N-dealkylation sites (tertiary alicyclic amines) is 1. The summed E-state index contributed by atoms with van der Waals surface area (Å²) in [6, 6.07) is 7.16. The Morgan fingerprint density at radius 1 is 1.00 bits per heavy atom. The van der Waals surface area contributed by atoms with Gasteiger partial charge in [-0.1, -0.05) is 12.8 Å². The Morgan fingerprint density at radius 2 is 1.67 bits per heavy atom. The third-order valence-electron chi connectivity index (χ3n) is 5.21. The van der Waals surface area contributed by atoms with E-state index >= 15 is 0 Å². The van der Waals surface area contributed by atoms with Crippen LogP contribution < -0.4 is 0 Å². The summed E-state index contributed by atoms with van der Waals surface area (Å²) in [5.41, 5.74) is -0.804. The topological polar surface area (TPSA) is 50.5 Å². The van der Waals surface area contributed by atoms with Crippen molar-refractivity contribution in [2.45, 2.75) is 31.9 Å². The van der Waals surface area contributed by atoms with Crippen LogP contribution in [0.1, 0.15) is 41.9 Å². The van der Waals surface area contributed by atoms with Crippen molar-refractivity contribution in [3.63, 3.8) is 0 Å². The van der Waals surface area contributed by atoms with E-state index in [1.807, 2.05) is 4.90 Å². The molecule has 0 bridgehead atoms. The molecule has 30 heavy (non-hydrogen) atoms. The number of benzene rings is 1. The lowest BCUT2D eigenvalue weighted by Gasteiger charge is -2.17. The highest BCUT2D eigenvalue weighted by molar-refractivity contribution is 5.96. The van der Waals surface area contributed by atoms with Gasteiger partial charge >= 0.3 is 6.18 Å². The number of hydrogen-bond donors (Lipinski definition) is 0. The molecule has 0 aliphatic carbocycles. The second-order valence-corrected chi connectivity index (χ2v) is 7.44. The van der Waals surface area contributed by atoms with E-state index in [-0.39, 0.29) is 29.4 Å². The first-order valence-corrected chi connectivity index (χ1v) is 9.81. The Kier molecular flexibility index (Phi) is 5.55. The van der Waals surface area contributed by atoms with E-state index < -0.39 is 17.7 Å². The summed E-state index contributed by atoms with van der Waals surface area (Å²) in [4.78, 5) is 18.9. The predicted octanol–water partition coefficient (Wildman–Crippen LogP) is 4.61. The van der Waals surface area contributed by atoms with Crippen molar-refractivity contribution >= 4 is 11.4 Å². The van der Waals surface area contributed by atoms with Crippen LogP contribution in [0.4, 0.5) is 17.6 Å². The van der Waals surface area contributed by atoms with Gasteiger partial charge in [-0.05, 0) is 56.3 Å². The maximum Gasteiger partial charge on any atom is 0.433 e. The molecule has 0 amide bonds. The van der Waals surface area contributed by atoms with Gasteiger partial charge in [0.25, 0.3) is 0 Å². The second kappa shape index (κ2) is 8.14. The van der Waals surface area contributed by atoms with Crippen molar-refractivity contribution in [2.24, 2.45) is 0 Å². The minimum atomic E-state index is -4.70. The molecule has 5 nitrogen and oxygen atoms in total. The highest BCUT2D eigenvalue weighted by atomic mass is 19.4. The van der Waals surface area contributed by atoms with E-state index in [2.05, 4.69) is 10.1 Å². The lowest BCUT2D eigenvalue weighted by molar-refractivity contribution is -0.142. The molecule has 0 radical (unpaired) electrons. The normalized spacial score (nSPS) is 16.0. The van der Waals surface area contributed by atoms with Gasteiger partial charge in [0, 0.05) is 11.6 Å². The van der Waals surface area contributed by atoms with E-state index in [1.165, 1.54) is 18.2 Å². The molecule has 9 heteroatoms. The molecule has 2 aromatic heterocycles. The SMILES string of the molecule is O=C(CN1CCCCCC1)c1cc2nc(-c3ccc(F)cc3)cc(C(F)(F)F)n2n1. The summed E-state index contributed by atoms with van der Waals surface area (Å²) in [6.07, 6.45) is -0.472. The number of halogens is 4. The van der Waals surface area contributed by atoms with Gasteiger partial charge in [-0.25, -0.2) is 13.9 Å². The van der Waals surface area contributed by atoms with E-state index in [4.69, 9.17) is 0 Å². The zero-order valence-corrected chi connectivity index (χ0v) is 16.1. The number of carbonyl (C=O) groups excluding carboxylic acids is 1. The average molecular weight is 420 g/mol. The van der Waals surface area contributed by atoms with Crippen molar-refractivity contribution < 1.29 is 22.4 Å². The Morgan fingerprint density at radius 3 is 2.30 bits per heavy atom. The lowest BCUT2D eigenvalue weighted by atomic mass is 10.1. The summed E-state index contributed by atoms with van der Waals surface area (Å²) in [7, 11) is 0. The first-order chi connectivity index (χ1) is 14.3. The van der Waals surface area contributed by atoms with Crippen molar-refractivity contribution in [3.8, 4) is 11.3 Å². The van der Waals surface area contributed by atoms with E-state index in [0.29, 0.717) is 10.1 Å². The van der Waals surface area contributed by atoms with Crippen LogP contribution in [0.3, 0.4) is 0 Å². The quantitative estimate of drug-likeness (QED) is 0.457. The molecule has 0 N–H and O–H groups in total. The van der Waals surface area contributed by atoms with Crippen molar-refractivity contribution in [3.05, 3.63) is 53.6 Å². The van der Waals surface area contributed by atoms with Crippen LogP contribution in [0, 0.1) is 5.82 Å². The molecule has 0 saturated carbocycles. The molecule has 1 fully saturated rings. The minimum Gasteiger partial charge on any atom is -0.296 e. The van der Waals surface area contributed by atoms with Crippen molar-refractivity contribution in [1.29, 1.82) is 0 Å². The summed E-state index contributed by atoms with van der Waals surface area (Å²) >= 11 is 0. The highest BCUT2D eigenvalue weighted by Crippen LogP contribution is 2.32. The fourth-order valence-corrected chi connectivity index (χ4v) is 3.66. The molecule has 158 valence electrons. The Bertz CT molecular complexity index is 1050. The fraction of sp³-hybridized carbons (Fsp3) is 0.381. The van der Waals surface area contributed by atoms with Gasteiger partial charge in [-0.3, -0.25) is 9.69 Å². The Balaban J connectivity index is 1.71. The highest BCUT2D eigenvalue weighted by Gasteiger charge is 2.35. The third kappa shape index (κ3) is 4.35. The number of alkyl halides is 3. The van der Waals surface area contributed by atoms with Crippen LogP contribution in [-0.2, 0) is 6.18 Å². The smallest absolute Gasteiger partial charge is 0.296 e. The Hall–Kier alpha value is -2.81. The van der Waals surface area contributed by atoms with Crippen LogP contribution in [0.5, 0.6) is 0 Å². The van der Waals surface area contributed by atoms with E-state index in [1.54, 1.807) is 0 Å². The monoisotopic (exact) mass is 420 g/mol. The van der Waals surface area contributed by atoms with Crippen molar-refractivity contribution in [2.75, 3.05) is 19.6 Å². The maximum atomic E-state index is 13.7. The summed E-state index contributed by atoms with van der Waals surface area (Å²) in [5, 5.41) is 3.91. The van der Waals surface area contributed by atoms with Crippen LogP contribution in [0.25, 0.3) is 16.9 Å². The average Bonchev–Trinajstić information content (AvgIpc) is 2.97. The van der Waals surface area contributed by atoms with Gasteiger partial charge in [0.1, 0.15) is 11.5 Å². The van der Waals surface area contributed by atoms with Gasteiger partial charge in [0.05, 0.1) is 12.2 Å². The van der Waals surface area contributed by atoms with Crippen molar-refractivity contribution in [1.82, 2.24) is 19.5 Å². The molecule has 3 aromatic rings. The number of fused-ring (bicyclic) bond motifs is 1. The number of aromatic nitrogens is 3. The van der Waals surface area contributed by atoms with Gasteiger partial charge < -0.3 is 0 Å². The summed E-state index contributed by atoms with van der Waals surface area (Å²) in [5.74, 6) is -0.833. The van der Waals surface area contributed by atoms with E-state index in [9.17, 15) is 22.4 Å². The standard InChI is InChI=1S/C21H20F4N4O/c22-15-7-5-14(6-8-15)16-11-19(21(23,24)25)29-20(26-16)12-17(27-29)18(30)13-28-9-3-1-2-4-10-28/h5-8,11-12H,1-4,9-10,13H2. The number of ketones is 1. The minimum absolute atomic E-state index is 0.0289. The number of nitrogens with zero attached hydrogens (tertiary/aromatic N) is 4. The third-order valence-corrected chi connectivity index (χ3v) is 5.21. The fourth-order valence-electron chi connectivity index (χ4n) is 3.66. The van der Waals surface area contributed by atoms with Gasteiger partial charge in [0.2, 0.25) is 0 Å². The number of rotatable bonds is 4. The largest absolute Gasteiger partial charge is 0.433 e. The van der Waals surface area contributed by atoms with E-state index in [0.717, 1.165) is 57.0 Å². The molecule has 4 rings (SSSR count). The molecular formula is C21H20F4N4O. The summed E-state index contributed by atoms with van der Waals surface area (Å²) in [6.45, 7) is 1.70. The molecule has 1 aromatic carbocycles. The van der Waals surface area contributed by atoms with Gasteiger partial charge in [-0.2, -0.15) is 18.3 Å². The molecule has 0 unspecified atom stereocenters. The van der Waals surface area contributed by atoms with Gasteiger partial charge in [0.15, 0.2) is 17.1 Å². The molecule has 1 saturated heterocycles. The zero-order chi connectivity index (χ0) is 21.3. The van der Waals surface area contributed by atoms with Crippen LogP contribution in [-0.4, -0.2) is 44.9 Å². The molecule has 1 aliphatic rings. The molecule has 1 aliphatic heterocycles. The van der Waals surface area contributed by atoms with Gasteiger partial charge in [-0.15, -0.1) is 0 Å².